The predicted molar refractivity (Wildman–Crippen MR) is 118 cm³/mol. The summed E-state index contributed by atoms with van der Waals surface area (Å²) in [6, 6.07) is 10.8. The van der Waals surface area contributed by atoms with Crippen LogP contribution in [0.3, 0.4) is 0 Å². The number of rotatable bonds is 8. The largest absolute Gasteiger partial charge is 0.360 e. The highest BCUT2D eigenvalue weighted by Gasteiger charge is 2.30. The maximum Gasteiger partial charge on any atom is 0.191 e. The Kier molecular flexibility index (Phi) is 5.01. The van der Waals surface area contributed by atoms with Crippen molar-refractivity contribution in [3.63, 3.8) is 0 Å². The molecule has 1 fully saturated rings. The number of hydrogen-bond donors (Lipinski definition) is 1. The summed E-state index contributed by atoms with van der Waals surface area (Å²) in [5, 5.41) is 12.8. The predicted octanol–water partition coefficient (Wildman–Crippen LogP) is 5.28. The summed E-state index contributed by atoms with van der Waals surface area (Å²) in [6.45, 7) is 2.13. The number of Topliss-reactive ketones (excluding diaryl/α,β-unsaturated/α-hetero) is 1. The van der Waals surface area contributed by atoms with Crippen molar-refractivity contribution in [1.29, 1.82) is 0 Å². The van der Waals surface area contributed by atoms with Gasteiger partial charge in [0.1, 0.15) is 5.82 Å². The van der Waals surface area contributed by atoms with Crippen LogP contribution in [-0.2, 0) is 12.8 Å². The smallest absolute Gasteiger partial charge is 0.191 e. The number of aromatic amines is 1. The number of nitrogens with one attached hydrogen (secondary N) is 1. The van der Waals surface area contributed by atoms with Crippen LogP contribution in [-0.4, -0.2) is 31.3 Å². The molecule has 7 heteroatoms. The van der Waals surface area contributed by atoms with E-state index in [2.05, 4.69) is 50.3 Å². The fourth-order valence-electron chi connectivity index (χ4n) is 3.75. The number of aromatic nitrogens is 4. The van der Waals surface area contributed by atoms with Gasteiger partial charge in [-0.25, -0.2) is 0 Å². The number of benzene rings is 1. The molecule has 5 nitrogen and oxygen atoms in total. The van der Waals surface area contributed by atoms with Gasteiger partial charge in [0.05, 0.1) is 5.75 Å². The number of para-hydroxylation sites is 1. The van der Waals surface area contributed by atoms with Crippen molar-refractivity contribution < 1.29 is 4.79 Å². The molecule has 0 atom stereocenters. The van der Waals surface area contributed by atoms with E-state index in [1.807, 2.05) is 18.3 Å². The summed E-state index contributed by atoms with van der Waals surface area (Å²) in [4.78, 5) is 17.5. The molecule has 1 aromatic carbocycles. The molecule has 0 amide bonds. The van der Waals surface area contributed by atoms with E-state index >= 15 is 0 Å². The molecule has 3 aromatic heterocycles. The molecule has 4 aromatic rings. The Balaban J connectivity index is 1.35. The van der Waals surface area contributed by atoms with Gasteiger partial charge in [-0.05, 0) is 36.3 Å². The van der Waals surface area contributed by atoms with E-state index in [1.54, 1.807) is 11.3 Å². The van der Waals surface area contributed by atoms with Gasteiger partial charge in [-0.3, -0.25) is 4.79 Å². The monoisotopic (exact) mass is 422 g/mol. The SMILES string of the molecule is CCc1cccc2c(C(=O)CSc3nnc(Cc4cccs4)n3C3CC3)c[nH]c12. The quantitative estimate of drug-likeness (QED) is 0.310. The zero-order valence-corrected chi connectivity index (χ0v) is 17.9. The number of carbonyl (C=O) groups excluding carboxylic acids is 1. The summed E-state index contributed by atoms with van der Waals surface area (Å²) in [6.07, 6.45) is 5.93. The van der Waals surface area contributed by atoms with Crippen molar-refractivity contribution in [2.45, 2.75) is 43.8 Å². The molecular weight excluding hydrogens is 400 g/mol. The van der Waals surface area contributed by atoms with Crippen molar-refractivity contribution in [2.75, 3.05) is 5.75 Å². The second kappa shape index (κ2) is 7.80. The van der Waals surface area contributed by atoms with Crippen LogP contribution in [0.4, 0.5) is 0 Å². The van der Waals surface area contributed by atoms with Crippen LogP contribution in [0.15, 0.2) is 47.1 Å². The first-order chi connectivity index (χ1) is 14.2. The minimum absolute atomic E-state index is 0.125. The van der Waals surface area contributed by atoms with E-state index in [1.165, 1.54) is 35.0 Å². The van der Waals surface area contributed by atoms with Crippen LogP contribution < -0.4 is 0 Å². The molecule has 1 N–H and O–H groups in total. The molecule has 0 spiro atoms. The van der Waals surface area contributed by atoms with E-state index in [4.69, 9.17) is 0 Å². The lowest BCUT2D eigenvalue weighted by atomic mass is 10.1. The van der Waals surface area contributed by atoms with Gasteiger partial charge >= 0.3 is 0 Å². The number of thiophene rings is 1. The third-order valence-corrected chi connectivity index (χ3v) is 7.19. The van der Waals surface area contributed by atoms with E-state index in [0.717, 1.165) is 40.3 Å². The van der Waals surface area contributed by atoms with Crippen molar-refractivity contribution >= 4 is 39.8 Å². The topological polar surface area (TPSA) is 63.6 Å². The maximum absolute atomic E-state index is 13.0. The molecule has 148 valence electrons. The Hall–Kier alpha value is -2.38. The molecule has 1 saturated carbocycles. The van der Waals surface area contributed by atoms with E-state index in [9.17, 15) is 4.79 Å². The van der Waals surface area contributed by atoms with Gasteiger partial charge in [-0.2, -0.15) is 0 Å². The first-order valence-electron chi connectivity index (χ1n) is 9.95. The van der Waals surface area contributed by atoms with Gasteiger partial charge in [0.25, 0.3) is 0 Å². The van der Waals surface area contributed by atoms with Gasteiger partial charge in [-0.15, -0.1) is 21.5 Å². The Morgan fingerprint density at radius 3 is 2.93 bits per heavy atom. The second-order valence-electron chi connectivity index (χ2n) is 7.36. The Labute approximate surface area is 177 Å². The molecule has 0 aliphatic heterocycles. The number of hydrogen-bond acceptors (Lipinski definition) is 5. The Morgan fingerprint density at radius 1 is 1.28 bits per heavy atom. The number of ketones is 1. The summed E-state index contributed by atoms with van der Waals surface area (Å²) >= 11 is 3.25. The van der Waals surface area contributed by atoms with Crippen LogP contribution in [0.25, 0.3) is 10.9 Å². The van der Waals surface area contributed by atoms with Crippen LogP contribution in [0.1, 0.15) is 52.4 Å². The minimum Gasteiger partial charge on any atom is -0.360 e. The molecule has 0 bridgehead atoms. The molecular formula is C22H22N4OS2. The third-order valence-electron chi connectivity index (χ3n) is 5.38. The fourth-order valence-corrected chi connectivity index (χ4v) is 5.35. The molecule has 1 aliphatic carbocycles. The van der Waals surface area contributed by atoms with E-state index in [0.29, 0.717) is 11.8 Å². The average Bonchev–Trinajstić information content (AvgIpc) is 3.13. The Morgan fingerprint density at radius 2 is 2.17 bits per heavy atom. The standard InChI is InChI=1S/C22H22N4OS2/c1-2-14-5-3-7-17-18(12-23-21(14)17)19(27)13-29-22-25-24-20(26(22)15-8-9-15)11-16-6-4-10-28-16/h3-7,10,12,15,23H,2,8-9,11,13H2,1H3. The summed E-state index contributed by atoms with van der Waals surface area (Å²) in [7, 11) is 0. The van der Waals surface area contributed by atoms with Gasteiger partial charge in [0, 0.05) is 40.0 Å². The normalized spacial score (nSPS) is 14.0. The van der Waals surface area contributed by atoms with Crippen LogP contribution >= 0.6 is 23.1 Å². The van der Waals surface area contributed by atoms with Crippen molar-refractivity contribution in [2.24, 2.45) is 0 Å². The van der Waals surface area contributed by atoms with Gasteiger partial charge < -0.3 is 9.55 Å². The van der Waals surface area contributed by atoms with Gasteiger partial charge in [0.2, 0.25) is 0 Å². The molecule has 29 heavy (non-hydrogen) atoms. The zero-order chi connectivity index (χ0) is 19.8. The van der Waals surface area contributed by atoms with Crippen molar-refractivity contribution in [1.82, 2.24) is 19.7 Å². The molecule has 0 radical (unpaired) electrons. The van der Waals surface area contributed by atoms with Gasteiger partial charge in [0.15, 0.2) is 10.9 Å². The second-order valence-corrected chi connectivity index (χ2v) is 9.34. The number of fused-ring (bicyclic) bond motifs is 1. The van der Waals surface area contributed by atoms with Gasteiger partial charge in [-0.1, -0.05) is 43.0 Å². The maximum atomic E-state index is 13.0. The number of carbonyl (C=O) groups is 1. The van der Waals surface area contributed by atoms with E-state index in [-0.39, 0.29) is 5.78 Å². The lowest BCUT2D eigenvalue weighted by molar-refractivity contribution is 0.102. The highest BCUT2D eigenvalue weighted by atomic mass is 32.2. The number of thioether (sulfide) groups is 1. The summed E-state index contributed by atoms with van der Waals surface area (Å²) in [5.74, 6) is 1.50. The zero-order valence-electron chi connectivity index (χ0n) is 16.2. The van der Waals surface area contributed by atoms with Crippen LogP contribution in [0.2, 0.25) is 0 Å². The third kappa shape index (κ3) is 3.65. The highest BCUT2D eigenvalue weighted by molar-refractivity contribution is 7.99. The van der Waals surface area contributed by atoms with Crippen LogP contribution in [0.5, 0.6) is 0 Å². The summed E-state index contributed by atoms with van der Waals surface area (Å²) in [5.41, 5.74) is 3.07. The molecule has 1 aliphatic rings. The number of H-pyrrole nitrogens is 1. The molecule has 0 unspecified atom stereocenters. The molecule has 0 saturated heterocycles. The van der Waals surface area contributed by atoms with Crippen LogP contribution in [0, 0.1) is 0 Å². The fraction of sp³-hybridized carbons (Fsp3) is 0.318. The Bertz CT molecular complexity index is 1160. The number of aryl methyl sites for hydroxylation is 1. The first kappa shape index (κ1) is 18.6. The van der Waals surface area contributed by atoms with Crippen molar-refractivity contribution in [3.8, 4) is 0 Å². The number of nitrogens with zero attached hydrogens (tertiary/aromatic N) is 3. The van der Waals surface area contributed by atoms with Crippen molar-refractivity contribution in [3.05, 3.63) is 63.7 Å². The first-order valence-corrected chi connectivity index (χ1v) is 11.8. The lowest BCUT2D eigenvalue weighted by Crippen LogP contribution is -2.06. The molecule has 5 rings (SSSR count). The van der Waals surface area contributed by atoms with E-state index < -0.39 is 0 Å². The minimum atomic E-state index is 0.125. The highest BCUT2D eigenvalue weighted by Crippen LogP contribution is 2.39. The lowest BCUT2D eigenvalue weighted by Gasteiger charge is -2.08. The molecule has 3 heterocycles. The summed E-state index contributed by atoms with van der Waals surface area (Å²) < 4.78 is 2.25. The average molecular weight is 423 g/mol.